The van der Waals surface area contributed by atoms with Crippen molar-refractivity contribution in [2.24, 2.45) is 0 Å². The van der Waals surface area contributed by atoms with Gasteiger partial charge >= 0.3 is 12.2 Å². The van der Waals surface area contributed by atoms with Crippen LogP contribution in [0.5, 0.6) is 17.6 Å². The number of fused-ring (bicyclic) bond motifs is 1. The Kier molecular flexibility index (Phi) is 3.32. The number of ether oxygens (including phenoxy) is 2. The minimum Gasteiger partial charge on any atom is -0.497 e. The minimum absolute atomic E-state index is 0.226. The van der Waals surface area contributed by atoms with Crippen molar-refractivity contribution >= 4 is 10.9 Å². The van der Waals surface area contributed by atoms with Gasteiger partial charge in [-0.1, -0.05) is 0 Å². The van der Waals surface area contributed by atoms with E-state index in [2.05, 4.69) is 14.7 Å². The topological polar surface area (TPSA) is 64.5 Å². The summed E-state index contributed by atoms with van der Waals surface area (Å²) in [7, 11) is 1.43. The molecule has 0 aliphatic rings. The quantitative estimate of drug-likeness (QED) is 0.930. The Morgan fingerprint density at radius 2 is 2.00 bits per heavy atom. The van der Waals surface area contributed by atoms with Gasteiger partial charge < -0.3 is 14.6 Å². The number of halogens is 3. The van der Waals surface area contributed by atoms with Crippen molar-refractivity contribution in [2.45, 2.75) is 6.18 Å². The van der Waals surface area contributed by atoms with E-state index in [1.54, 1.807) is 6.07 Å². The number of hydrogen-bond acceptors (Lipinski definition) is 5. The van der Waals surface area contributed by atoms with Gasteiger partial charge in [-0.15, -0.1) is 0 Å². The van der Waals surface area contributed by atoms with Crippen molar-refractivity contribution in [3.05, 3.63) is 18.2 Å². The Morgan fingerprint density at radius 1 is 1.26 bits per heavy atom. The summed E-state index contributed by atoms with van der Waals surface area (Å²) in [6, 6.07) is 3.98. The summed E-state index contributed by atoms with van der Waals surface area (Å²) in [5.41, 5.74) is 0.226. The fraction of sp³-hybridized carbons (Fsp3) is 0.273. The average Bonchev–Trinajstić information content (AvgIpc) is 2.35. The Labute approximate surface area is 105 Å². The van der Waals surface area contributed by atoms with E-state index in [-0.39, 0.29) is 5.52 Å². The maximum atomic E-state index is 12.0. The molecule has 5 nitrogen and oxygen atoms in total. The molecule has 2 aromatic rings. The third-order valence-electron chi connectivity index (χ3n) is 2.23. The summed E-state index contributed by atoms with van der Waals surface area (Å²) in [6.07, 6.45) is -4.50. The molecular formula is C11H9F3N2O3. The van der Waals surface area contributed by atoms with Gasteiger partial charge in [-0.05, 0) is 12.1 Å². The second kappa shape index (κ2) is 4.79. The van der Waals surface area contributed by atoms with Crippen LogP contribution in [0.25, 0.3) is 10.9 Å². The molecule has 0 saturated carbocycles. The lowest BCUT2D eigenvalue weighted by Gasteiger charge is -2.09. The first-order valence-corrected chi connectivity index (χ1v) is 5.13. The number of aromatic hydroxyl groups is 1. The van der Waals surface area contributed by atoms with Crippen LogP contribution in [0.15, 0.2) is 18.2 Å². The molecule has 0 radical (unpaired) electrons. The van der Waals surface area contributed by atoms with E-state index < -0.39 is 24.7 Å². The smallest absolute Gasteiger partial charge is 0.422 e. The second-order valence-electron chi connectivity index (χ2n) is 3.62. The van der Waals surface area contributed by atoms with Crippen LogP contribution in [-0.2, 0) is 0 Å². The van der Waals surface area contributed by atoms with E-state index in [1.807, 2.05) is 0 Å². The van der Waals surface area contributed by atoms with E-state index >= 15 is 0 Å². The van der Waals surface area contributed by atoms with Crippen molar-refractivity contribution in [3.8, 4) is 17.6 Å². The summed E-state index contributed by atoms with van der Waals surface area (Å²) in [5, 5.41) is 9.88. The lowest BCUT2D eigenvalue weighted by Crippen LogP contribution is -2.20. The van der Waals surface area contributed by atoms with Crippen molar-refractivity contribution in [3.63, 3.8) is 0 Å². The highest BCUT2D eigenvalue weighted by Crippen LogP contribution is 2.27. The van der Waals surface area contributed by atoms with Crippen molar-refractivity contribution < 1.29 is 27.8 Å². The zero-order valence-electron chi connectivity index (χ0n) is 9.73. The molecule has 1 N–H and O–H groups in total. The number of nitrogens with zero attached hydrogens (tertiary/aromatic N) is 2. The molecule has 1 aromatic heterocycles. The Hall–Kier alpha value is -2.25. The Balaban J connectivity index is 2.36. The normalized spacial score (nSPS) is 11.6. The zero-order valence-corrected chi connectivity index (χ0v) is 9.73. The van der Waals surface area contributed by atoms with Gasteiger partial charge in [0.2, 0.25) is 5.88 Å². The number of aromatic nitrogens is 2. The summed E-state index contributed by atoms with van der Waals surface area (Å²) >= 11 is 0. The van der Waals surface area contributed by atoms with Gasteiger partial charge in [0.15, 0.2) is 6.61 Å². The molecule has 0 aliphatic carbocycles. The maximum absolute atomic E-state index is 12.0. The molecule has 0 fully saturated rings. The first-order chi connectivity index (χ1) is 8.89. The highest BCUT2D eigenvalue weighted by molar-refractivity contribution is 5.84. The molecule has 2 rings (SSSR count). The Bertz CT molecular complexity index is 601. The summed E-state index contributed by atoms with van der Waals surface area (Å²) in [5.74, 6) is -0.00259. The van der Waals surface area contributed by atoms with Gasteiger partial charge in [0.25, 0.3) is 0 Å². The third kappa shape index (κ3) is 3.15. The molecule has 0 aliphatic heterocycles. The van der Waals surface area contributed by atoms with Crippen LogP contribution in [0.3, 0.4) is 0 Å². The molecule has 0 saturated heterocycles. The van der Waals surface area contributed by atoms with E-state index in [4.69, 9.17) is 4.74 Å². The molecule has 0 bridgehead atoms. The van der Waals surface area contributed by atoms with Gasteiger partial charge in [0.1, 0.15) is 5.75 Å². The number of rotatable bonds is 3. The van der Waals surface area contributed by atoms with Crippen LogP contribution in [0.4, 0.5) is 13.2 Å². The molecule has 1 aromatic carbocycles. The SMILES string of the molecule is COc1ccc2c(O)nc(OCC(F)(F)F)nc2c1. The van der Waals surface area contributed by atoms with Crippen LogP contribution in [0.2, 0.25) is 0 Å². The van der Waals surface area contributed by atoms with Crippen molar-refractivity contribution in [1.29, 1.82) is 0 Å². The second-order valence-corrected chi connectivity index (χ2v) is 3.62. The first kappa shape index (κ1) is 13.2. The largest absolute Gasteiger partial charge is 0.497 e. The number of methoxy groups -OCH3 is 1. The highest BCUT2D eigenvalue weighted by atomic mass is 19.4. The maximum Gasteiger partial charge on any atom is 0.422 e. The molecule has 19 heavy (non-hydrogen) atoms. The Morgan fingerprint density at radius 3 is 2.63 bits per heavy atom. The van der Waals surface area contributed by atoms with Gasteiger partial charge in [-0.25, -0.2) is 0 Å². The third-order valence-corrected chi connectivity index (χ3v) is 2.23. The van der Waals surface area contributed by atoms with Crippen LogP contribution in [-0.4, -0.2) is 35.0 Å². The van der Waals surface area contributed by atoms with Gasteiger partial charge in [-0.2, -0.15) is 23.1 Å². The fourth-order valence-corrected chi connectivity index (χ4v) is 1.41. The number of benzene rings is 1. The van der Waals surface area contributed by atoms with Crippen molar-refractivity contribution in [1.82, 2.24) is 9.97 Å². The predicted molar refractivity (Wildman–Crippen MR) is 59.3 cm³/mol. The molecule has 0 amide bonds. The molecule has 0 atom stereocenters. The summed E-state index contributed by atoms with van der Waals surface area (Å²) < 4.78 is 45.4. The average molecular weight is 274 g/mol. The van der Waals surface area contributed by atoms with E-state index in [1.165, 1.54) is 19.2 Å². The van der Waals surface area contributed by atoms with E-state index in [0.717, 1.165) is 0 Å². The molecule has 102 valence electrons. The van der Waals surface area contributed by atoms with Crippen molar-refractivity contribution in [2.75, 3.05) is 13.7 Å². The highest BCUT2D eigenvalue weighted by Gasteiger charge is 2.29. The molecular weight excluding hydrogens is 265 g/mol. The zero-order chi connectivity index (χ0) is 14.0. The van der Waals surface area contributed by atoms with Gasteiger partial charge in [-0.3, -0.25) is 0 Å². The lowest BCUT2D eigenvalue weighted by molar-refractivity contribution is -0.154. The van der Waals surface area contributed by atoms with Crippen LogP contribution >= 0.6 is 0 Å². The van der Waals surface area contributed by atoms with Crippen LogP contribution in [0.1, 0.15) is 0 Å². The molecule has 0 spiro atoms. The monoisotopic (exact) mass is 274 g/mol. The summed E-state index contributed by atoms with van der Waals surface area (Å²) in [4.78, 5) is 7.22. The van der Waals surface area contributed by atoms with Gasteiger partial charge in [0.05, 0.1) is 18.0 Å². The van der Waals surface area contributed by atoms with E-state index in [9.17, 15) is 18.3 Å². The predicted octanol–water partition coefficient (Wildman–Crippen LogP) is 2.29. The molecule has 8 heteroatoms. The number of hydrogen-bond donors (Lipinski definition) is 1. The fourth-order valence-electron chi connectivity index (χ4n) is 1.41. The van der Waals surface area contributed by atoms with Gasteiger partial charge in [0, 0.05) is 6.07 Å². The minimum atomic E-state index is -4.50. The molecule has 0 unspecified atom stereocenters. The standard InChI is InChI=1S/C11H9F3N2O3/c1-18-6-2-3-7-8(4-6)15-10(16-9(7)17)19-5-11(12,13)14/h2-4H,5H2,1H3,(H,15,16,17). The summed E-state index contributed by atoms with van der Waals surface area (Å²) in [6.45, 7) is -1.53. The van der Waals surface area contributed by atoms with Crippen LogP contribution < -0.4 is 9.47 Å². The first-order valence-electron chi connectivity index (χ1n) is 5.13. The van der Waals surface area contributed by atoms with E-state index in [0.29, 0.717) is 11.1 Å². The molecule has 1 heterocycles. The van der Waals surface area contributed by atoms with Crippen LogP contribution in [0, 0.1) is 0 Å². The lowest BCUT2D eigenvalue weighted by atomic mass is 10.2. The number of alkyl halides is 3.